The van der Waals surface area contributed by atoms with E-state index >= 15 is 0 Å². The summed E-state index contributed by atoms with van der Waals surface area (Å²) in [6.45, 7) is 6.96. The minimum atomic E-state index is -0.530. The van der Waals surface area contributed by atoms with Gasteiger partial charge in [-0.15, -0.1) is 0 Å². The minimum absolute atomic E-state index is 0.0338. The van der Waals surface area contributed by atoms with E-state index in [0.29, 0.717) is 23.8 Å². The topological polar surface area (TPSA) is 73.9 Å². The van der Waals surface area contributed by atoms with E-state index in [9.17, 15) is 9.59 Å². The Balaban J connectivity index is 1.74. The predicted octanol–water partition coefficient (Wildman–Crippen LogP) is 2.56. The number of ether oxygens (including phenoxy) is 3. The number of hydrogen-bond acceptors (Lipinski definition) is 5. The molecule has 1 heterocycles. The number of nitrogens with one attached hydrogen (secondary N) is 1. The summed E-state index contributed by atoms with van der Waals surface area (Å²) in [7, 11) is 0. The second kappa shape index (κ2) is 9.42. The lowest BCUT2D eigenvalue weighted by molar-refractivity contribution is -0.125. The fourth-order valence-corrected chi connectivity index (χ4v) is 2.33. The molecule has 0 radical (unpaired) electrons. The van der Waals surface area contributed by atoms with Gasteiger partial charge in [0.05, 0.1) is 11.7 Å². The van der Waals surface area contributed by atoms with Crippen molar-refractivity contribution < 1.29 is 23.8 Å². The normalized spacial score (nSPS) is 18.0. The highest BCUT2D eigenvalue weighted by atomic mass is 16.5. The minimum Gasteiger partial charge on any atom is -0.491 e. The molecule has 6 heteroatoms. The van der Waals surface area contributed by atoms with Gasteiger partial charge in [0.2, 0.25) is 0 Å². The Morgan fingerprint density at radius 2 is 1.96 bits per heavy atom. The van der Waals surface area contributed by atoms with Crippen molar-refractivity contribution >= 4 is 11.9 Å². The van der Waals surface area contributed by atoms with E-state index in [2.05, 4.69) is 5.32 Å². The molecule has 0 unspecified atom stereocenters. The van der Waals surface area contributed by atoms with Crippen LogP contribution in [0.5, 0.6) is 5.75 Å². The first-order valence-electron chi connectivity index (χ1n) is 8.76. The highest BCUT2D eigenvalue weighted by Gasteiger charge is 2.16. The molecule has 25 heavy (non-hydrogen) atoms. The second-order valence-electron chi connectivity index (χ2n) is 6.65. The van der Waals surface area contributed by atoms with E-state index in [-0.39, 0.29) is 24.7 Å². The summed E-state index contributed by atoms with van der Waals surface area (Å²) in [5, 5.41) is 2.79. The lowest BCUT2D eigenvalue weighted by atomic mass is 10.1. The Bertz CT molecular complexity index is 564. The molecular formula is C19H27NO5. The van der Waals surface area contributed by atoms with E-state index in [0.717, 1.165) is 19.4 Å². The van der Waals surface area contributed by atoms with Crippen LogP contribution in [-0.4, -0.2) is 43.8 Å². The summed E-state index contributed by atoms with van der Waals surface area (Å²) in [6.07, 6.45) is 2.24. The van der Waals surface area contributed by atoms with Crippen molar-refractivity contribution in [3.05, 3.63) is 29.8 Å². The molecule has 0 saturated carbocycles. The van der Waals surface area contributed by atoms with Gasteiger partial charge in [-0.25, -0.2) is 4.79 Å². The number of hydrogen-bond donors (Lipinski definition) is 1. The Hall–Kier alpha value is -2.08. The Morgan fingerprint density at radius 3 is 2.56 bits per heavy atom. The molecule has 0 aromatic heterocycles. The zero-order chi connectivity index (χ0) is 18.2. The van der Waals surface area contributed by atoms with Gasteiger partial charge in [-0.1, -0.05) is 13.8 Å². The van der Waals surface area contributed by atoms with E-state index in [4.69, 9.17) is 14.2 Å². The molecule has 1 fully saturated rings. The average molecular weight is 349 g/mol. The molecule has 1 saturated heterocycles. The van der Waals surface area contributed by atoms with Crippen LogP contribution in [0, 0.1) is 5.92 Å². The zero-order valence-corrected chi connectivity index (χ0v) is 15.1. The van der Waals surface area contributed by atoms with E-state index in [1.165, 1.54) is 0 Å². The van der Waals surface area contributed by atoms with Gasteiger partial charge in [0.25, 0.3) is 5.91 Å². The number of rotatable bonds is 8. The summed E-state index contributed by atoms with van der Waals surface area (Å²) in [6, 6.07) is 6.72. The Labute approximate surface area is 148 Å². The predicted molar refractivity (Wildman–Crippen MR) is 93.6 cm³/mol. The van der Waals surface area contributed by atoms with Crippen LogP contribution in [0.15, 0.2) is 24.3 Å². The lowest BCUT2D eigenvalue weighted by Gasteiger charge is -2.17. The molecule has 0 spiro atoms. The zero-order valence-electron chi connectivity index (χ0n) is 15.1. The third kappa shape index (κ3) is 6.38. The first-order valence-corrected chi connectivity index (χ1v) is 8.76. The van der Waals surface area contributed by atoms with Gasteiger partial charge in [0, 0.05) is 12.6 Å². The summed E-state index contributed by atoms with van der Waals surface area (Å²) in [5.74, 6) is 0.168. The Kier molecular flexibility index (Phi) is 7.25. The molecule has 1 aromatic rings. The molecule has 0 bridgehead atoms. The van der Waals surface area contributed by atoms with Gasteiger partial charge in [-0.2, -0.15) is 0 Å². The van der Waals surface area contributed by atoms with Gasteiger partial charge in [0.1, 0.15) is 12.4 Å². The molecule has 1 aliphatic heterocycles. The number of benzene rings is 1. The Morgan fingerprint density at radius 1 is 1.24 bits per heavy atom. The van der Waals surface area contributed by atoms with Crippen molar-refractivity contribution in [2.45, 2.75) is 45.8 Å². The fourth-order valence-electron chi connectivity index (χ4n) is 2.33. The van der Waals surface area contributed by atoms with Crippen molar-refractivity contribution in [2.24, 2.45) is 5.92 Å². The molecule has 1 N–H and O–H groups in total. The molecule has 2 atom stereocenters. The smallest absolute Gasteiger partial charge is 0.338 e. The van der Waals surface area contributed by atoms with Crippen molar-refractivity contribution in [3.8, 4) is 5.75 Å². The van der Waals surface area contributed by atoms with Crippen LogP contribution in [0.4, 0.5) is 0 Å². The van der Waals surface area contributed by atoms with Crippen molar-refractivity contribution in [2.75, 3.05) is 19.8 Å². The molecule has 1 aromatic carbocycles. The number of carbonyl (C=O) groups excluding carboxylic acids is 2. The first-order chi connectivity index (χ1) is 12.0. The van der Waals surface area contributed by atoms with Crippen LogP contribution in [-0.2, 0) is 14.3 Å². The van der Waals surface area contributed by atoms with Crippen LogP contribution < -0.4 is 10.1 Å². The average Bonchev–Trinajstić information content (AvgIpc) is 3.11. The van der Waals surface area contributed by atoms with Crippen LogP contribution in [0.2, 0.25) is 0 Å². The number of esters is 1. The van der Waals surface area contributed by atoms with Crippen LogP contribution in [0.3, 0.4) is 0 Å². The van der Waals surface area contributed by atoms with Gasteiger partial charge in [0.15, 0.2) is 6.61 Å². The number of carbonyl (C=O) groups is 2. The summed E-state index contributed by atoms with van der Waals surface area (Å²) < 4.78 is 16.2. The quantitative estimate of drug-likeness (QED) is 0.730. The van der Waals surface area contributed by atoms with E-state index in [1.807, 2.05) is 20.8 Å². The van der Waals surface area contributed by atoms with Gasteiger partial charge in [-0.05, 0) is 49.9 Å². The first kappa shape index (κ1) is 19.2. The van der Waals surface area contributed by atoms with E-state index < -0.39 is 5.97 Å². The summed E-state index contributed by atoms with van der Waals surface area (Å²) in [5.41, 5.74) is 0.383. The van der Waals surface area contributed by atoms with Gasteiger partial charge >= 0.3 is 5.97 Å². The van der Waals surface area contributed by atoms with Crippen LogP contribution in [0.25, 0.3) is 0 Å². The standard InChI is InChI=1S/C19H27NO5/c1-13(2)14(3)20-18(21)12-25-19(22)15-6-8-16(9-7-15)24-11-17-5-4-10-23-17/h6-9,13-14,17H,4-5,10-12H2,1-3H3,(H,20,21)/t14-,17-/m1/s1. The van der Waals surface area contributed by atoms with Gasteiger partial charge < -0.3 is 19.5 Å². The summed E-state index contributed by atoms with van der Waals surface area (Å²) in [4.78, 5) is 23.7. The molecule has 1 amide bonds. The maximum Gasteiger partial charge on any atom is 0.338 e. The van der Waals surface area contributed by atoms with Crippen molar-refractivity contribution in [1.29, 1.82) is 0 Å². The second-order valence-corrected chi connectivity index (χ2v) is 6.65. The van der Waals surface area contributed by atoms with Crippen molar-refractivity contribution in [1.82, 2.24) is 5.32 Å². The SMILES string of the molecule is CC(C)[C@@H](C)NC(=O)COC(=O)c1ccc(OC[C@H]2CCCO2)cc1. The van der Waals surface area contributed by atoms with Crippen LogP contribution >= 0.6 is 0 Å². The monoisotopic (exact) mass is 349 g/mol. The maximum absolute atomic E-state index is 12.0. The molecule has 6 nitrogen and oxygen atoms in total. The summed E-state index contributed by atoms with van der Waals surface area (Å²) >= 11 is 0. The number of amides is 1. The molecule has 2 rings (SSSR count). The molecular weight excluding hydrogens is 322 g/mol. The fraction of sp³-hybridized carbons (Fsp3) is 0.579. The highest BCUT2D eigenvalue weighted by molar-refractivity contribution is 5.91. The highest BCUT2D eigenvalue weighted by Crippen LogP contribution is 2.17. The molecule has 1 aliphatic rings. The van der Waals surface area contributed by atoms with Gasteiger partial charge in [-0.3, -0.25) is 4.79 Å². The molecule has 138 valence electrons. The third-order valence-electron chi connectivity index (χ3n) is 4.27. The maximum atomic E-state index is 12.0. The largest absolute Gasteiger partial charge is 0.491 e. The lowest BCUT2D eigenvalue weighted by Crippen LogP contribution is -2.38. The van der Waals surface area contributed by atoms with Crippen LogP contribution in [0.1, 0.15) is 44.0 Å². The molecule has 0 aliphatic carbocycles. The van der Waals surface area contributed by atoms with E-state index in [1.54, 1.807) is 24.3 Å². The third-order valence-corrected chi connectivity index (χ3v) is 4.27. The van der Waals surface area contributed by atoms with Crippen molar-refractivity contribution in [3.63, 3.8) is 0 Å².